The Labute approximate surface area is 136 Å². The molecule has 0 atom stereocenters. The van der Waals surface area contributed by atoms with Crippen LogP contribution in [0.4, 0.5) is 0 Å². The van der Waals surface area contributed by atoms with Crippen molar-refractivity contribution in [1.82, 2.24) is 0 Å². The van der Waals surface area contributed by atoms with Crippen LogP contribution in [0.25, 0.3) is 0 Å². The van der Waals surface area contributed by atoms with Crippen LogP contribution in [0, 0.1) is 6.92 Å². The Morgan fingerprint density at radius 2 is 1.90 bits per heavy atom. The van der Waals surface area contributed by atoms with Crippen LogP contribution in [0.2, 0.25) is 0 Å². The molecule has 0 amide bonds. The van der Waals surface area contributed by atoms with Crippen LogP contribution in [0.15, 0.2) is 53.4 Å². The molecule has 2 aromatic rings. The largest absolute Gasteiger partial charge is 0.478 e. The summed E-state index contributed by atoms with van der Waals surface area (Å²) in [4.78, 5) is 1.30. The molecule has 3 heteroatoms. The molecule has 0 aliphatic rings. The van der Waals surface area contributed by atoms with Crippen molar-refractivity contribution in [3.63, 3.8) is 0 Å². The van der Waals surface area contributed by atoms with Crippen LogP contribution in [0.1, 0.15) is 30.0 Å². The minimum atomic E-state index is 0.519. The minimum Gasteiger partial charge on any atom is -0.478 e. The van der Waals surface area contributed by atoms with Gasteiger partial charge >= 0.3 is 0 Å². The number of hydrogen-bond acceptors (Lipinski definition) is 3. The zero-order valence-electron chi connectivity index (χ0n) is 12.5. The molecule has 0 radical (unpaired) electrons. The Balaban J connectivity index is 1.99. The second kappa shape index (κ2) is 8.20. The predicted octanol–water partition coefficient (Wildman–Crippen LogP) is 5.39. The van der Waals surface area contributed by atoms with Gasteiger partial charge in [-0.3, -0.25) is 0 Å². The van der Waals surface area contributed by atoms with Gasteiger partial charge in [0.2, 0.25) is 0 Å². The number of rotatable bonds is 6. The molecular formula is C18H20OS2. The Morgan fingerprint density at radius 3 is 2.57 bits per heavy atom. The standard InChI is InChI=1S/C18H20OS2/c1-3-11-21-16-9-10-17(14(2)12-16)18(20)19-13-15-7-5-4-6-8-15/h4-10,12H,3,11,13H2,1-2H3. The summed E-state index contributed by atoms with van der Waals surface area (Å²) in [6, 6.07) is 16.5. The van der Waals surface area contributed by atoms with E-state index in [1.54, 1.807) is 0 Å². The first kappa shape index (κ1) is 16.1. The fraction of sp³-hybridized carbons (Fsp3) is 0.278. The van der Waals surface area contributed by atoms with Gasteiger partial charge in [0.05, 0.1) is 0 Å². The lowest BCUT2D eigenvalue weighted by atomic mass is 10.1. The zero-order chi connectivity index (χ0) is 15.1. The molecule has 0 unspecified atom stereocenters. The summed E-state index contributed by atoms with van der Waals surface area (Å²) in [5.41, 5.74) is 3.32. The summed E-state index contributed by atoms with van der Waals surface area (Å²) >= 11 is 7.29. The lowest BCUT2D eigenvalue weighted by Gasteiger charge is -2.11. The van der Waals surface area contributed by atoms with Gasteiger partial charge in [0.25, 0.3) is 0 Å². The van der Waals surface area contributed by atoms with E-state index < -0.39 is 0 Å². The number of benzene rings is 2. The first-order valence-corrected chi connectivity index (χ1v) is 8.54. The molecule has 2 rings (SSSR count). The molecule has 0 heterocycles. The van der Waals surface area contributed by atoms with Gasteiger partial charge in [-0.05, 0) is 60.6 Å². The average Bonchev–Trinajstić information content (AvgIpc) is 2.51. The van der Waals surface area contributed by atoms with Crippen molar-refractivity contribution in [2.24, 2.45) is 0 Å². The van der Waals surface area contributed by atoms with Crippen LogP contribution in [-0.2, 0) is 11.3 Å². The molecule has 0 saturated carbocycles. The lowest BCUT2D eigenvalue weighted by molar-refractivity contribution is 0.302. The van der Waals surface area contributed by atoms with Crippen molar-refractivity contribution in [3.05, 3.63) is 65.2 Å². The third-order valence-corrected chi connectivity index (χ3v) is 4.64. The van der Waals surface area contributed by atoms with Gasteiger partial charge < -0.3 is 4.74 Å². The fourth-order valence-corrected chi connectivity index (χ4v) is 3.13. The molecule has 0 aliphatic heterocycles. The molecule has 0 aromatic heterocycles. The van der Waals surface area contributed by atoms with Crippen molar-refractivity contribution < 1.29 is 4.74 Å². The SMILES string of the molecule is CCCSc1ccc(C(=S)OCc2ccccc2)c(C)c1. The van der Waals surface area contributed by atoms with Gasteiger partial charge in [0, 0.05) is 10.5 Å². The van der Waals surface area contributed by atoms with E-state index in [1.807, 2.05) is 42.1 Å². The summed E-state index contributed by atoms with van der Waals surface area (Å²) in [6.45, 7) is 4.80. The smallest absolute Gasteiger partial charge is 0.191 e. The molecule has 1 nitrogen and oxygen atoms in total. The van der Waals surface area contributed by atoms with Crippen molar-refractivity contribution in [2.75, 3.05) is 5.75 Å². The van der Waals surface area contributed by atoms with Gasteiger partial charge in [0.15, 0.2) is 5.05 Å². The van der Waals surface area contributed by atoms with Crippen LogP contribution in [0.3, 0.4) is 0 Å². The maximum atomic E-state index is 5.74. The monoisotopic (exact) mass is 316 g/mol. The Bertz CT molecular complexity index is 593. The number of hydrogen-bond donors (Lipinski definition) is 0. The highest BCUT2D eigenvalue weighted by atomic mass is 32.2. The number of thiocarbonyl (C=S) groups is 1. The Morgan fingerprint density at radius 1 is 1.14 bits per heavy atom. The lowest BCUT2D eigenvalue weighted by Crippen LogP contribution is -2.05. The molecule has 110 valence electrons. The Kier molecular flexibility index (Phi) is 6.27. The second-order valence-electron chi connectivity index (χ2n) is 4.89. The second-order valence-corrected chi connectivity index (χ2v) is 6.43. The van der Waals surface area contributed by atoms with E-state index in [2.05, 4.69) is 32.0 Å². The summed E-state index contributed by atoms with van der Waals surface area (Å²) < 4.78 is 5.74. The van der Waals surface area contributed by atoms with Gasteiger partial charge in [-0.2, -0.15) is 0 Å². The third kappa shape index (κ3) is 4.87. The molecule has 21 heavy (non-hydrogen) atoms. The topological polar surface area (TPSA) is 9.23 Å². The van der Waals surface area contributed by atoms with Crippen molar-refractivity contribution in [3.8, 4) is 0 Å². The minimum absolute atomic E-state index is 0.519. The van der Waals surface area contributed by atoms with Crippen molar-refractivity contribution in [2.45, 2.75) is 31.8 Å². The molecule has 0 bridgehead atoms. The highest BCUT2D eigenvalue weighted by Crippen LogP contribution is 2.23. The number of ether oxygens (including phenoxy) is 1. The van der Waals surface area contributed by atoms with Crippen molar-refractivity contribution in [1.29, 1.82) is 0 Å². The first-order chi connectivity index (χ1) is 10.2. The van der Waals surface area contributed by atoms with E-state index in [4.69, 9.17) is 17.0 Å². The molecule has 0 aliphatic carbocycles. The average molecular weight is 316 g/mol. The van der Waals surface area contributed by atoms with E-state index in [0.29, 0.717) is 11.7 Å². The summed E-state index contributed by atoms with van der Waals surface area (Å²) in [5, 5.41) is 0.573. The molecular weight excluding hydrogens is 296 g/mol. The summed E-state index contributed by atoms with van der Waals surface area (Å²) in [6.07, 6.45) is 1.18. The number of aryl methyl sites for hydroxylation is 1. The van der Waals surface area contributed by atoms with Crippen LogP contribution in [0.5, 0.6) is 0 Å². The highest BCUT2D eigenvalue weighted by molar-refractivity contribution is 7.99. The van der Waals surface area contributed by atoms with Gasteiger partial charge in [0.1, 0.15) is 6.61 Å². The number of thioether (sulfide) groups is 1. The van der Waals surface area contributed by atoms with E-state index >= 15 is 0 Å². The van der Waals surface area contributed by atoms with Crippen molar-refractivity contribution >= 4 is 29.0 Å². The van der Waals surface area contributed by atoms with Gasteiger partial charge in [-0.25, -0.2) is 0 Å². The highest BCUT2D eigenvalue weighted by Gasteiger charge is 2.07. The maximum Gasteiger partial charge on any atom is 0.191 e. The summed E-state index contributed by atoms with van der Waals surface area (Å²) in [7, 11) is 0. The zero-order valence-corrected chi connectivity index (χ0v) is 14.1. The molecule has 0 spiro atoms. The molecule has 0 fully saturated rings. The van der Waals surface area contributed by atoms with E-state index in [1.165, 1.54) is 16.9 Å². The van der Waals surface area contributed by atoms with Gasteiger partial charge in [-0.15, -0.1) is 11.8 Å². The summed E-state index contributed by atoms with van der Waals surface area (Å²) in [5.74, 6) is 1.15. The fourth-order valence-electron chi connectivity index (χ4n) is 1.98. The third-order valence-electron chi connectivity index (χ3n) is 3.10. The predicted molar refractivity (Wildman–Crippen MR) is 95.1 cm³/mol. The van der Waals surface area contributed by atoms with Crippen LogP contribution in [-0.4, -0.2) is 10.8 Å². The van der Waals surface area contributed by atoms with E-state index in [9.17, 15) is 0 Å². The van der Waals surface area contributed by atoms with Crippen LogP contribution >= 0.6 is 24.0 Å². The molecule has 2 aromatic carbocycles. The van der Waals surface area contributed by atoms with E-state index in [0.717, 1.165) is 16.9 Å². The normalized spacial score (nSPS) is 10.4. The quantitative estimate of drug-likeness (QED) is 0.522. The molecule has 0 saturated heterocycles. The maximum absolute atomic E-state index is 5.74. The van der Waals surface area contributed by atoms with Crippen LogP contribution < -0.4 is 0 Å². The molecule has 0 N–H and O–H groups in total. The Hall–Kier alpha value is -1.32. The van der Waals surface area contributed by atoms with E-state index in [-0.39, 0.29) is 0 Å². The first-order valence-electron chi connectivity index (χ1n) is 7.15. The van der Waals surface area contributed by atoms with Gasteiger partial charge in [-0.1, -0.05) is 37.3 Å².